The molecule has 1 aliphatic rings. The average molecular weight is 241 g/mol. The Kier molecular flexibility index (Phi) is 8.34. The number of likely N-dealkylation sites (tertiary alicyclic amines) is 1. The third-order valence-electron chi connectivity index (χ3n) is 2.51. The fraction of sp³-hybridized carbons (Fsp3) is 0.636. The highest BCUT2D eigenvalue weighted by atomic mass is 35.5. The van der Waals surface area contributed by atoms with E-state index in [-0.39, 0.29) is 18.0 Å². The molecule has 0 amide bonds. The Morgan fingerprint density at radius 1 is 1.19 bits per heavy atom. The molecule has 5 heteroatoms. The van der Waals surface area contributed by atoms with Gasteiger partial charge in [-0.25, -0.2) is 0 Å². The number of nitrogens with zero attached hydrogens (tertiary/aromatic N) is 3. The first-order valence-corrected chi connectivity index (χ1v) is 5.33. The molecule has 0 unspecified atom stereocenters. The van der Waals surface area contributed by atoms with Gasteiger partial charge >= 0.3 is 0 Å². The molecule has 0 aromatic rings. The summed E-state index contributed by atoms with van der Waals surface area (Å²) in [7, 11) is 0. The van der Waals surface area contributed by atoms with Gasteiger partial charge in [0, 0.05) is 19.3 Å². The Morgan fingerprint density at radius 3 is 2.38 bits per heavy atom. The monoisotopic (exact) mass is 240 g/mol. The van der Waals surface area contributed by atoms with E-state index in [1.807, 2.05) is 12.1 Å². The van der Waals surface area contributed by atoms with Gasteiger partial charge in [-0.15, -0.1) is 12.4 Å². The second-order valence-corrected chi connectivity index (χ2v) is 3.64. The van der Waals surface area contributed by atoms with Gasteiger partial charge in [0.05, 0.1) is 0 Å². The summed E-state index contributed by atoms with van der Waals surface area (Å²) in [5.41, 5.74) is 0.133. The van der Waals surface area contributed by atoms with Gasteiger partial charge in [-0.1, -0.05) is 6.42 Å². The molecular formula is C11H17ClN4. The number of allylic oxidation sites excluding steroid dienone is 1. The fourth-order valence-corrected chi connectivity index (χ4v) is 1.67. The third kappa shape index (κ3) is 5.60. The third-order valence-corrected chi connectivity index (χ3v) is 2.51. The van der Waals surface area contributed by atoms with Gasteiger partial charge in [0.2, 0.25) is 0 Å². The second kappa shape index (κ2) is 9.03. The van der Waals surface area contributed by atoms with E-state index in [0.717, 1.165) is 13.1 Å². The van der Waals surface area contributed by atoms with Crippen LogP contribution in [0.1, 0.15) is 19.3 Å². The Balaban J connectivity index is 0.00000225. The lowest BCUT2D eigenvalue weighted by molar-refractivity contribution is 0.231. The molecule has 16 heavy (non-hydrogen) atoms. The predicted octanol–water partition coefficient (Wildman–Crippen LogP) is 1.41. The molecule has 0 spiro atoms. The lowest BCUT2D eigenvalue weighted by atomic mass is 10.1. The SMILES string of the molecule is Cl.N#CC(C#N)=CNCCN1CCCCC1. The summed E-state index contributed by atoms with van der Waals surface area (Å²) in [6.07, 6.45) is 5.41. The number of nitriles is 2. The summed E-state index contributed by atoms with van der Waals surface area (Å²) in [4.78, 5) is 2.41. The lowest BCUT2D eigenvalue weighted by Gasteiger charge is -2.26. The largest absolute Gasteiger partial charge is 0.388 e. The van der Waals surface area contributed by atoms with Gasteiger partial charge in [-0.05, 0) is 25.9 Å². The van der Waals surface area contributed by atoms with Crippen molar-refractivity contribution in [1.29, 1.82) is 10.5 Å². The molecule has 0 atom stereocenters. The van der Waals surface area contributed by atoms with Gasteiger partial charge in [0.25, 0.3) is 0 Å². The number of hydrogen-bond acceptors (Lipinski definition) is 4. The molecule has 0 aliphatic carbocycles. The van der Waals surface area contributed by atoms with Crippen molar-refractivity contribution in [2.24, 2.45) is 0 Å². The minimum absolute atomic E-state index is 0. The van der Waals surface area contributed by atoms with Gasteiger partial charge in [-0.3, -0.25) is 0 Å². The van der Waals surface area contributed by atoms with Crippen molar-refractivity contribution in [2.45, 2.75) is 19.3 Å². The topological polar surface area (TPSA) is 62.9 Å². The van der Waals surface area contributed by atoms with E-state index in [4.69, 9.17) is 10.5 Å². The molecule has 0 bridgehead atoms. The predicted molar refractivity (Wildman–Crippen MR) is 64.9 cm³/mol. The number of halogens is 1. The zero-order chi connectivity index (χ0) is 10.9. The molecule has 1 saturated heterocycles. The number of rotatable bonds is 4. The molecule has 0 aromatic heterocycles. The molecule has 88 valence electrons. The highest BCUT2D eigenvalue weighted by Crippen LogP contribution is 2.07. The highest BCUT2D eigenvalue weighted by molar-refractivity contribution is 5.85. The van der Waals surface area contributed by atoms with Crippen LogP contribution in [0.5, 0.6) is 0 Å². The van der Waals surface area contributed by atoms with Crippen LogP contribution in [-0.2, 0) is 0 Å². The van der Waals surface area contributed by atoms with Gasteiger partial charge in [0.1, 0.15) is 17.7 Å². The molecule has 0 aromatic carbocycles. The molecule has 1 N–H and O–H groups in total. The summed E-state index contributed by atoms with van der Waals surface area (Å²) in [6, 6.07) is 3.63. The van der Waals surface area contributed by atoms with E-state index in [1.54, 1.807) is 0 Å². The molecule has 1 fully saturated rings. The summed E-state index contributed by atoms with van der Waals surface area (Å²) in [6.45, 7) is 4.14. The van der Waals surface area contributed by atoms with Gasteiger partial charge < -0.3 is 10.2 Å². The normalized spacial score (nSPS) is 15.1. The molecule has 1 heterocycles. The molecule has 1 rings (SSSR count). The Morgan fingerprint density at radius 2 is 1.81 bits per heavy atom. The zero-order valence-electron chi connectivity index (χ0n) is 9.28. The van der Waals surface area contributed by atoms with Crippen LogP contribution < -0.4 is 5.32 Å². The molecule has 0 saturated carbocycles. The van der Waals surface area contributed by atoms with Crippen LogP contribution in [0.15, 0.2) is 11.8 Å². The maximum absolute atomic E-state index is 8.48. The Hall–Kier alpha value is -1.23. The van der Waals surface area contributed by atoms with Crippen LogP contribution in [0, 0.1) is 22.7 Å². The van der Waals surface area contributed by atoms with Crippen molar-refractivity contribution in [3.63, 3.8) is 0 Å². The summed E-state index contributed by atoms with van der Waals surface area (Å²) < 4.78 is 0. The van der Waals surface area contributed by atoms with Crippen molar-refractivity contribution in [2.75, 3.05) is 26.2 Å². The van der Waals surface area contributed by atoms with E-state index >= 15 is 0 Å². The number of hydrogen-bond donors (Lipinski definition) is 1. The Bertz CT molecular complexity index is 278. The average Bonchev–Trinajstić information content (AvgIpc) is 2.31. The smallest absolute Gasteiger partial charge is 0.145 e. The van der Waals surface area contributed by atoms with Crippen molar-refractivity contribution < 1.29 is 0 Å². The van der Waals surface area contributed by atoms with Crippen LogP contribution in [0.2, 0.25) is 0 Å². The highest BCUT2D eigenvalue weighted by Gasteiger charge is 2.08. The summed E-state index contributed by atoms with van der Waals surface area (Å²) in [5, 5.41) is 20.0. The molecular weight excluding hydrogens is 224 g/mol. The van der Waals surface area contributed by atoms with Crippen molar-refractivity contribution in [3.05, 3.63) is 11.8 Å². The number of nitrogens with one attached hydrogen (secondary N) is 1. The minimum Gasteiger partial charge on any atom is -0.388 e. The first-order chi connectivity index (χ1) is 7.36. The summed E-state index contributed by atoms with van der Waals surface area (Å²) in [5.74, 6) is 0. The van der Waals surface area contributed by atoms with Crippen molar-refractivity contribution in [3.8, 4) is 12.1 Å². The zero-order valence-corrected chi connectivity index (χ0v) is 10.1. The minimum atomic E-state index is 0. The number of piperidine rings is 1. The van der Waals surface area contributed by atoms with E-state index in [1.165, 1.54) is 38.6 Å². The van der Waals surface area contributed by atoms with Gasteiger partial charge in [-0.2, -0.15) is 10.5 Å². The Labute approximate surface area is 103 Å². The molecule has 0 radical (unpaired) electrons. The van der Waals surface area contributed by atoms with Crippen molar-refractivity contribution >= 4 is 12.4 Å². The quantitative estimate of drug-likeness (QED) is 0.596. The van der Waals surface area contributed by atoms with E-state index in [9.17, 15) is 0 Å². The van der Waals surface area contributed by atoms with Crippen molar-refractivity contribution in [1.82, 2.24) is 10.2 Å². The lowest BCUT2D eigenvalue weighted by Crippen LogP contribution is -2.34. The standard InChI is InChI=1S/C11H16N4.ClH/c12-8-11(9-13)10-14-4-7-15-5-2-1-3-6-15;/h10,14H,1-7H2;1H. The first-order valence-electron chi connectivity index (χ1n) is 5.33. The molecule has 1 aliphatic heterocycles. The molecule has 4 nitrogen and oxygen atoms in total. The van der Waals surface area contributed by atoms with Gasteiger partial charge in [0.15, 0.2) is 0 Å². The van der Waals surface area contributed by atoms with Crippen LogP contribution in [-0.4, -0.2) is 31.1 Å². The van der Waals surface area contributed by atoms with Crippen LogP contribution in [0.3, 0.4) is 0 Å². The van der Waals surface area contributed by atoms with E-state index < -0.39 is 0 Å². The van der Waals surface area contributed by atoms with Crippen LogP contribution in [0.25, 0.3) is 0 Å². The fourth-order valence-electron chi connectivity index (χ4n) is 1.67. The maximum Gasteiger partial charge on any atom is 0.145 e. The first kappa shape index (κ1) is 14.8. The summed E-state index contributed by atoms with van der Waals surface area (Å²) >= 11 is 0. The second-order valence-electron chi connectivity index (χ2n) is 3.64. The van der Waals surface area contributed by atoms with Crippen LogP contribution in [0.4, 0.5) is 0 Å². The van der Waals surface area contributed by atoms with Crippen LogP contribution >= 0.6 is 12.4 Å². The van der Waals surface area contributed by atoms with E-state index in [2.05, 4.69) is 10.2 Å². The maximum atomic E-state index is 8.48. The van der Waals surface area contributed by atoms with E-state index in [0.29, 0.717) is 0 Å².